The molecular formula is C17H29N7O2S2. The van der Waals surface area contributed by atoms with Crippen LogP contribution in [0.3, 0.4) is 0 Å². The van der Waals surface area contributed by atoms with Crippen molar-refractivity contribution in [1.29, 1.82) is 0 Å². The molecule has 1 atom stereocenters. The first kappa shape index (κ1) is 22.4. The average Bonchev–Trinajstić information content (AvgIpc) is 3.07. The summed E-state index contributed by atoms with van der Waals surface area (Å²) in [6, 6.07) is 0. The van der Waals surface area contributed by atoms with Crippen LogP contribution in [-0.2, 0) is 9.53 Å². The lowest BCUT2D eigenvalue weighted by Gasteiger charge is -2.27. The second-order valence-electron chi connectivity index (χ2n) is 6.43. The van der Waals surface area contributed by atoms with E-state index in [4.69, 9.17) is 29.2 Å². The minimum atomic E-state index is -0.0134. The first-order chi connectivity index (χ1) is 13.5. The number of thiocarbonyl (C=S) groups is 2. The van der Waals surface area contributed by atoms with Crippen molar-refractivity contribution in [3.63, 3.8) is 0 Å². The van der Waals surface area contributed by atoms with Gasteiger partial charge in [-0.05, 0) is 51.1 Å². The number of amides is 1. The van der Waals surface area contributed by atoms with Gasteiger partial charge in [0.2, 0.25) is 5.91 Å². The van der Waals surface area contributed by atoms with Gasteiger partial charge in [-0.15, -0.1) is 0 Å². The summed E-state index contributed by atoms with van der Waals surface area (Å²) >= 11 is 10.4. The average molecular weight is 428 g/mol. The van der Waals surface area contributed by atoms with Crippen LogP contribution in [0.5, 0.6) is 0 Å². The number of ether oxygens (including phenoxy) is 1. The van der Waals surface area contributed by atoms with Crippen LogP contribution in [0.2, 0.25) is 0 Å². The minimum absolute atomic E-state index is 0.0134. The van der Waals surface area contributed by atoms with Gasteiger partial charge in [0.25, 0.3) is 0 Å². The number of nitrogens with one attached hydrogen (secondary N) is 4. The van der Waals surface area contributed by atoms with Gasteiger partial charge in [-0.25, -0.2) is 0 Å². The standard InChI is InChI=1S/C17H29N7O2S2/c1-3-18-16(27)22-20-13-6-5-12(15(13)21-23-17(28)19-4-2)11-14(25)24-7-9-26-10-8-24/h12H,3-11H2,1-2H3,(H2,18,22,27)(H2,19,23,28)/b20-13+,21-15?. The highest BCUT2D eigenvalue weighted by Gasteiger charge is 2.32. The van der Waals surface area contributed by atoms with Gasteiger partial charge in [0, 0.05) is 38.5 Å². The predicted molar refractivity (Wildman–Crippen MR) is 118 cm³/mol. The van der Waals surface area contributed by atoms with E-state index < -0.39 is 0 Å². The lowest BCUT2D eigenvalue weighted by Crippen LogP contribution is -2.42. The first-order valence-electron chi connectivity index (χ1n) is 9.62. The zero-order chi connectivity index (χ0) is 20.4. The van der Waals surface area contributed by atoms with E-state index in [1.165, 1.54) is 0 Å². The molecule has 2 fully saturated rings. The maximum Gasteiger partial charge on any atom is 0.223 e. The summed E-state index contributed by atoms with van der Waals surface area (Å²) in [7, 11) is 0. The maximum atomic E-state index is 12.7. The summed E-state index contributed by atoms with van der Waals surface area (Å²) in [4.78, 5) is 14.5. The van der Waals surface area contributed by atoms with Crippen LogP contribution in [0.25, 0.3) is 0 Å². The zero-order valence-electron chi connectivity index (χ0n) is 16.4. The monoisotopic (exact) mass is 427 g/mol. The molecule has 1 aliphatic heterocycles. The largest absolute Gasteiger partial charge is 0.378 e. The number of hydrazone groups is 2. The molecule has 1 saturated heterocycles. The quantitative estimate of drug-likeness (QED) is 0.355. The zero-order valence-corrected chi connectivity index (χ0v) is 18.0. The Morgan fingerprint density at radius 1 is 1.11 bits per heavy atom. The van der Waals surface area contributed by atoms with Gasteiger partial charge in [0.15, 0.2) is 10.2 Å². The SMILES string of the molecule is CCNC(=S)NN=C1/C(=N/NC(=S)NCC)CCC1CC(=O)N1CCOCC1. The Bertz CT molecular complexity index is 633. The molecule has 4 N–H and O–H groups in total. The highest BCUT2D eigenvalue weighted by Crippen LogP contribution is 2.25. The van der Waals surface area contributed by atoms with Crippen molar-refractivity contribution in [3.05, 3.63) is 0 Å². The van der Waals surface area contributed by atoms with Gasteiger partial charge in [0.05, 0.1) is 24.6 Å². The summed E-state index contributed by atoms with van der Waals surface area (Å²) in [5.41, 5.74) is 7.23. The van der Waals surface area contributed by atoms with E-state index in [0.717, 1.165) is 24.3 Å². The minimum Gasteiger partial charge on any atom is -0.378 e. The summed E-state index contributed by atoms with van der Waals surface area (Å²) < 4.78 is 5.33. The summed E-state index contributed by atoms with van der Waals surface area (Å²) in [6.07, 6.45) is 1.92. The van der Waals surface area contributed by atoms with Crippen LogP contribution in [0.15, 0.2) is 10.2 Å². The van der Waals surface area contributed by atoms with E-state index in [1.807, 2.05) is 18.7 Å². The Morgan fingerprint density at radius 3 is 2.32 bits per heavy atom. The number of hydrogen-bond acceptors (Lipinski definition) is 6. The van der Waals surface area contributed by atoms with E-state index in [1.54, 1.807) is 0 Å². The van der Waals surface area contributed by atoms with Gasteiger partial charge in [0.1, 0.15) is 0 Å². The van der Waals surface area contributed by atoms with Crippen molar-refractivity contribution in [2.45, 2.75) is 33.1 Å². The predicted octanol–water partition coefficient (Wildman–Crippen LogP) is 0.325. The molecule has 1 unspecified atom stereocenters. The van der Waals surface area contributed by atoms with Gasteiger partial charge in [-0.1, -0.05) is 0 Å². The molecule has 156 valence electrons. The van der Waals surface area contributed by atoms with Crippen molar-refractivity contribution < 1.29 is 9.53 Å². The Kier molecular flexibility index (Phi) is 9.51. The molecular weight excluding hydrogens is 398 g/mol. The second kappa shape index (κ2) is 11.9. The smallest absolute Gasteiger partial charge is 0.223 e. The normalized spacial score (nSPS) is 22.2. The van der Waals surface area contributed by atoms with Crippen LogP contribution in [-0.4, -0.2) is 71.8 Å². The Morgan fingerprint density at radius 2 is 1.71 bits per heavy atom. The molecule has 1 saturated carbocycles. The molecule has 1 amide bonds. The van der Waals surface area contributed by atoms with Crippen molar-refractivity contribution >= 4 is 52.0 Å². The molecule has 0 aromatic carbocycles. The van der Waals surface area contributed by atoms with Crippen molar-refractivity contribution in [2.24, 2.45) is 16.1 Å². The molecule has 0 spiro atoms. The molecule has 2 rings (SSSR count). The number of hydrogen-bond donors (Lipinski definition) is 4. The lowest BCUT2D eigenvalue weighted by molar-refractivity contribution is -0.135. The van der Waals surface area contributed by atoms with E-state index in [0.29, 0.717) is 56.0 Å². The third-order valence-electron chi connectivity index (χ3n) is 4.44. The van der Waals surface area contributed by atoms with Gasteiger partial charge >= 0.3 is 0 Å². The highest BCUT2D eigenvalue weighted by molar-refractivity contribution is 7.80. The summed E-state index contributed by atoms with van der Waals surface area (Å²) in [6.45, 7) is 7.80. The van der Waals surface area contributed by atoms with Gasteiger partial charge in [-0.2, -0.15) is 10.2 Å². The van der Waals surface area contributed by atoms with E-state index in [2.05, 4.69) is 31.7 Å². The fourth-order valence-corrected chi connectivity index (χ4v) is 3.44. The Labute approximate surface area is 176 Å². The molecule has 0 bridgehead atoms. The molecule has 9 nitrogen and oxygen atoms in total. The molecule has 0 aromatic heterocycles. The summed E-state index contributed by atoms with van der Waals surface area (Å²) in [5.74, 6) is 0.105. The molecule has 0 radical (unpaired) electrons. The van der Waals surface area contributed by atoms with E-state index in [9.17, 15) is 4.79 Å². The first-order valence-corrected chi connectivity index (χ1v) is 10.4. The van der Waals surface area contributed by atoms with E-state index in [-0.39, 0.29) is 11.8 Å². The number of rotatable bonds is 6. The third kappa shape index (κ3) is 6.95. The number of morpholine rings is 1. The van der Waals surface area contributed by atoms with Crippen molar-refractivity contribution in [2.75, 3.05) is 39.4 Å². The Balaban J connectivity index is 2.07. The maximum absolute atomic E-state index is 12.7. The van der Waals surface area contributed by atoms with Crippen LogP contribution in [0.1, 0.15) is 33.1 Å². The fraction of sp³-hybridized carbons (Fsp3) is 0.706. The molecule has 1 aliphatic carbocycles. The van der Waals surface area contributed by atoms with E-state index >= 15 is 0 Å². The fourth-order valence-electron chi connectivity index (χ4n) is 3.06. The highest BCUT2D eigenvalue weighted by atomic mass is 32.1. The van der Waals surface area contributed by atoms with Crippen LogP contribution in [0.4, 0.5) is 0 Å². The topological polar surface area (TPSA) is 102 Å². The Hall–Kier alpha value is -1.85. The number of nitrogens with zero attached hydrogens (tertiary/aromatic N) is 3. The van der Waals surface area contributed by atoms with Crippen LogP contribution >= 0.6 is 24.4 Å². The summed E-state index contributed by atoms with van der Waals surface area (Å²) in [5, 5.41) is 15.7. The molecule has 28 heavy (non-hydrogen) atoms. The molecule has 11 heteroatoms. The second-order valence-corrected chi connectivity index (χ2v) is 7.25. The van der Waals surface area contributed by atoms with Crippen molar-refractivity contribution in [1.82, 2.24) is 26.4 Å². The molecule has 0 aromatic rings. The van der Waals surface area contributed by atoms with Gasteiger partial charge in [-0.3, -0.25) is 15.6 Å². The van der Waals surface area contributed by atoms with Crippen LogP contribution < -0.4 is 21.5 Å². The number of carbonyl (C=O) groups is 1. The van der Waals surface area contributed by atoms with Gasteiger partial charge < -0.3 is 20.3 Å². The van der Waals surface area contributed by atoms with Crippen molar-refractivity contribution in [3.8, 4) is 0 Å². The van der Waals surface area contributed by atoms with Crippen LogP contribution in [0, 0.1) is 5.92 Å². The lowest BCUT2D eigenvalue weighted by atomic mass is 10.0. The molecule has 2 aliphatic rings. The number of carbonyl (C=O) groups excluding carboxylic acids is 1. The third-order valence-corrected chi connectivity index (χ3v) is 4.91. The molecule has 1 heterocycles.